The van der Waals surface area contributed by atoms with Crippen molar-refractivity contribution >= 4 is 5.97 Å². The summed E-state index contributed by atoms with van der Waals surface area (Å²) < 4.78 is 5.09. The fraction of sp³-hybridized carbons (Fsp3) is 0.562. The largest absolute Gasteiger partial charge is 0.497 e. The van der Waals surface area contributed by atoms with Gasteiger partial charge in [-0.05, 0) is 30.5 Å². The van der Waals surface area contributed by atoms with Gasteiger partial charge in [0.2, 0.25) is 0 Å². The molecule has 1 saturated carbocycles. The molecule has 2 rings (SSSR count). The molecule has 5 heteroatoms. The highest BCUT2D eigenvalue weighted by molar-refractivity contribution is 5.67. The maximum atomic E-state index is 11.0. The monoisotopic (exact) mass is 293 g/mol. The second kappa shape index (κ2) is 7.43. The van der Waals surface area contributed by atoms with Gasteiger partial charge in [-0.3, -0.25) is 4.79 Å². The van der Waals surface area contributed by atoms with Crippen molar-refractivity contribution in [1.82, 2.24) is 5.32 Å². The van der Waals surface area contributed by atoms with Crippen molar-refractivity contribution in [3.63, 3.8) is 0 Å². The summed E-state index contributed by atoms with van der Waals surface area (Å²) in [4.78, 5) is 11.0. The molecule has 1 aliphatic rings. The molecule has 1 aromatic carbocycles. The second-order valence-corrected chi connectivity index (χ2v) is 5.57. The molecule has 2 unspecified atom stereocenters. The molecule has 5 nitrogen and oxygen atoms in total. The third-order valence-electron chi connectivity index (χ3n) is 4.04. The lowest BCUT2D eigenvalue weighted by Crippen LogP contribution is -2.42. The van der Waals surface area contributed by atoms with Crippen LogP contribution in [0, 0.1) is 0 Å². The minimum Gasteiger partial charge on any atom is -0.497 e. The number of hydrogen-bond acceptors (Lipinski definition) is 4. The van der Waals surface area contributed by atoms with Gasteiger partial charge in [-0.15, -0.1) is 0 Å². The molecule has 1 aromatic rings. The van der Waals surface area contributed by atoms with E-state index in [1.165, 1.54) is 0 Å². The van der Waals surface area contributed by atoms with Crippen molar-refractivity contribution < 1.29 is 19.7 Å². The summed E-state index contributed by atoms with van der Waals surface area (Å²) in [6, 6.07) is 6.92. The molecule has 3 N–H and O–H groups in total. The van der Waals surface area contributed by atoms with Crippen LogP contribution >= 0.6 is 0 Å². The number of nitrogens with one attached hydrogen (secondary N) is 1. The number of rotatable bonds is 7. The number of aliphatic hydroxyl groups is 1. The quantitative estimate of drug-likeness (QED) is 0.717. The van der Waals surface area contributed by atoms with E-state index < -0.39 is 18.1 Å². The van der Waals surface area contributed by atoms with Crippen molar-refractivity contribution in [2.45, 2.75) is 50.3 Å². The van der Waals surface area contributed by atoms with Crippen molar-refractivity contribution in [3.05, 3.63) is 29.8 Å². The lowest BCUT2D eigenvalue weighted by molar-refractivity contribution is -0.138. The number of benzene rings is 1. The maximum absolute atomic E-state index is 11.0. The molecule has 0 spiro atoms. The number of methoxy groups -OCH3 is 1. The lowest BCUT2D eigenvalue weighted by atomic mass is 9.98. The number of ether oxygens (including phenoxy) is 1. The number of hydrogen-bond donors (Lipinski definition) is 3. The van der Waals surface area contributed by atoms with Gasteiger partial charge < -0.3 is 20.3 Å². The Morgan fingerprint density at radius 1 is 1.33 bits per heavy atom. The van der Waals surface area contributed by atoms with Gasteiger partial charge >= 0.3 is 5.97 Å². The van der Waals surface area contributed by atoms with E-state index in [4.69, 9.17) is 9.84 Å². The zero-order valence-corrected chi connectivity index (χ0v) is 12.3. The number of carboxylic acids is 1. The third kappa shape index (κ3) is 4.44. The molecular weight excluding hydrogens is 270 g/mol. The molecule has 0 heterocycles. The average Bonchev–Trinajstić information content (AvgIpc) is 2.98. The van der Waals surface area contributed by atoms with Gasteiger partial charge in [-0.2, -0.15) is 0 Å². The topological polar surface area (TPSA) is 78.8 Å². The zero-order chi connectivity index (χ0) is 15.2. The highest BCUT2D eigenvalue weighted by Crippen LogP contribution is 2.25. The molecule has 0 amide bonds. The van der Waals surface area contributed by atoms with Gasteiger partial charge in [0.05, 0.1) is 19.6 Å². The van der Waals surface area contributed by atoms with Crippen LogP contribution in [-0.4, -0.2) is 35.4 Å². The van der Waals surface area contributed by atoms with Crippen LogP contribution in [0.2, 0.25) is 0 Å². The maximum Gasteiger partial charge on any atom is 0.305 e. The van der Waals surface area contributed by atoms with E-state index in [-0.39, 0.29) is 6.42 Å². The Kier molecular flexibility index (Phi) is 5.59. The summed E-state index contributed by atoms with van der Waals surface area (Å²) in [5, 5.41) is 22.9. The summed E-state index contributed by atoms with van der Waals surface area (Å²) >= 11 is 0. The third-order valence-corrected chi connectivity index (χ3v) is 4.04. The van der Waals surface area contributed by atoms with Crippen LogP contribution in [0.4, 0.5) is 0 Å². The fourth-order valence-electron chi connectivity index (χ4n) is 2.88. The molecule has 0 saturated heterocycles. The van der Waals surface area contributed by atoms with Crippen LogP contribution in [0.3, 0.4) is 0 Å². The van der Waals surface area contributed by atoms with Crippen molar-refractivity contribution in [2.24, 2.45) is 0 Å². The van der Waals surface area contributed by atoms with Crippen LogP contribution in [0.5, 0.6) is 5.75 Å². The molecule has 0 aliphatic heterocycles. The normalized spacial score (nSPS) is 18.4. The zero-order valence-electron chi connectivity index (χ0n) is 12.3. The Labute approximate surface area is 124 Å². The highest BCUT2D eigenvalue weighted by Gasteiger charge is 2.27. The van der Waals surface area contributed by atoms with Crippen LogP contribution in [0.25, 0.3) is 0 Å². The minimum absolute atomic E-state index is 0.0936. The Hall–Kier alpha value is -1.59. The number of aliphatic hydroxyl groups excluding tert-OH is 1. The molecule has 0 bridgehead atoms. The van der Waals surface area contributed by atoms with Gasteiger partial charge in [-0.25, -0.2) is 0 Å². The van der Waals surface area contributed by atoms with E-state index in [9.17, 15) is 9.90 Å². The van der Waals surface area contributed by atoms with E-state index in [0.717, 1.165) is 25.7 Å². The van der Waals surface area contributed by atoms with Gasteiger partial charge in [0.25, 0.3) is 0 Å². The molecule has 1 aliphatic carbocycles. The van der Waals surface area contributed by atoms with Crippen LogP contribution < -0.4 is 10.1 Å². The van der Waals surface area contributed by atoms with Gasteiger partial charge in [0.1, 0.15) is 5.75 Å². The Morgan fingerprint density at radius 3 is 2.48 bits per heavy atom. The van der Waals surface area contributed by atoms with Gasteiger partial charge in [0.15, 0.2) is 0 Å². The van der Waals surface area contributed by atoms with Crippen molar-refractivity contribution in [2.75, 3.05) is 7.11 Å². The predicted octanol–water partition coefficient (Wildman–Crippen LogP) is 2.10. The Balaban J connectivity index is 2.07. The highest BCUT2D eigenvalue weighted by atomic mass is 16.5. The molecule has 1 fully saturated rings. The summed E-state index contributed by atoms with van der Waals surface area (Å²) in [5.41, 5.74) is 0.701. The molecule has 0 aromatic heterocycles. The van der Waals surface area contributed by atoms with Crippen LogP contribution in [-0.2, 0) is 4.79 Å². The first kappa shape index (κ1) is 15.8. The first-order valence-electron chi connectivity index (χ1n) is 7.40. The van der Waals surface area contributed by atoms with Crippen LogP contribution in [0.15, 0.2) is 24.3 Å². The minimum atomic E-state index is -0.905. The smallest absolute Gasteiger partial charge is 0.305 e. The first-order valence-corrected chi connectivity index (χ1v) is 7.40. The van der Waals surface area contributed by atoms with E-state index in [0.29, 0.717) is 17.4 Å². The molecule has 21 heavy (non-hydrogen) atoms. The summed E-state index contributed by atoms with van der Waals surface area (Å²) in [7, 11) is 1.58. The van der Waals surface area contributed by atoms with Crippen molar-refractivity contribution in [1.29, 1.82) is 0 Å². The Morgan fingerprint density at radius 2 is 1.95 bits per heavy atom. The fourth-order valence-corrected chi connectivity index (χ4v) is 2.88. The Bertz CT molecular complexity index is 454. The molecule has 116 valence electrons. The number of aliphatic carboxylic acids is 1. The lowest BCUT2D eigenvalue weighted by Gasteiger charge is -2.26. The predicted molar refractivity (Wildman–Crippen MR) is 79.4 cm³/mol. The average molecular weight is 293 g/mol. The van der Waals surface area contributed by atoms with E-state index in [2.05, 4.69) is 5.32 Å². The van der Waals surface area contributed by atoms with E-state index >= 15 is 0 Å². The van der Waals surface area contributed by atoms with E-state index in [1.807, 2.05) is 0 Å². The first-order chi connectivity index (χ1) is 10.1. The summed E-state index contributed by atoms with van der Waals surface area (Å²) in [5.74, 6) is -0.192. The second-order valence-electron chi connectivity index (χ2n) is 5.57. The number of carboxylic acid groups (broad SMARTS) is 1. The molecular formula is C16H23NO4. The molecule has 0 radical (unpaired) electrons. The van der Waals surface area contributed by atoms with Gasteiger partial charge in [-0.1, -0.05) is 25.0 Å². The summed E-state index contributed by atoms with van der Waals surface area (Å²) in [6.07, 6.45) is 3.49. The van der Waals surface area contributed by atoms with Gasteiger partial charge in [0, 0.05) is 12.1 Å². The SMILES string of the molecule is COc1ccc(C(O)C(CC(=O)O)NC2CCCC2)cc1. The summed E-state index contributed by atoms with van der Waals surface area (Å²) in [6.45, 7) is 0. The van der Waals surface area contributed by atoms with Crippen molar-refractivity contribution in [3.8, 4) is 5.75 Å². The van der Waals surface area contributed by atoms with Crippen LogP contribution in [0.1, 0.15) is 43.8 Å². The van der Waals surface area contributed by atoms with E-state index in [1.54, 1.807) is 31.4 Å². The number of carbonyl (C=O) groups is 1. The standard InChI is InChI=1S/C16H23NO4/c1-21-13-8-6-11(7-9-13)16(20)14(10-15(18)19)17-12-4-2-3-5-12/h6-9,12,14,16-17,20H,2-5,10H2,1H3,(H,18,19). The molecule has 2 atom stereocenters.